The first-order chi connectivity index (χ1) is 7.77. The molecule has 88 valence electrons. The Hall–Kier alpha value is -1.31. The van der Waals surface area contributed by atoms with Crippen LogP contribution < -0.4 is 0 Å². The van der Waals surface area contributed by atoms with Crippen molar-refractivity contribution in [1.82, 2.24) is 9.78 Å². The van der Waals surface area contributed by atoms with Crippen molar-refractivity contribution in [3.63, 3.8) is 0 Å². The number of aromatic nitrogens is 2. The van der Waals surface area contributed by atoms with E-state index in [1.54, 1.807) is 0 Å². The number of benzene rings is 1. The summed E-state index contributed by atoms with van der Waals surface area (Å²) in [5.41, 5.74) is 1.18. The average Bonchev–Trinajstić information content (AvgIpc) is 3.03. The van der Waals surface area contributed by atoms with E-state index >= 15 is 0 Å². The van der Waals surface area contributed by atoms with Crippen LogP contribution in [0.3, 0.4) is 0 Å². The number of hydrogen-bond donors (Lipinski definition) is 0. The molecule has 1 saturated carbocycles. The zero-order chi connectivity index (χ0) is 12.0. The Morgan fingerprint density at radius 1 is 1.19 bits per heavy atom. The Labute approximate surface area is 98.3 Å². The van der Waals surface area contributed by atoms with E-state index in [1.807, 2.05) is 43.9 Å². The molecule has 1 aromatic carbocycles. The molecule has 1 aromatic heterocycles. The molecule has 0 radical (unpaired) electrons. The normalized spacial score (nSPS) is 13.5. The van der Waals surface area contributed by atoms with E-state index in [0.29, 0.717) is 0 Å². The topological polar surface area (TPSA) is 17.8 Å². The first-order valence-electron chi connectivity index (χ1n) is 6.14. The van der Waals surface area contributed by atoms with Crippen LogP contribution in [0.15, 0.2) is 30.5 Å². The molecule has 0 N–H and O–H groups in total. The third-order valence-electron chi connectivity index (χ3n) is 2.52. The maximum atomic E-state index is 4.11. The Bertz CT molecular complexity index is 413. The molecule has 0 bridgehead atoms. The molecule has 16 heavy (non-hydrogen) atoms. The van der Waals surface area contributed by atoms with Gasteiger partial charge in [0.05, 0.1) is 11.7 Å². The van der Waals surface area contributed by atoms with Gasteiger partial charge in [-0.25, -0.2) is 0 Å². The molecule has 1 fully saturated rings. The van der Waals surface area contributed by atoms with Gasteiger partial charge in [0.2, 0.25) is 0 Å². The van der Waals surface area contributed by atoms with E-state index in [4.69, 9.17) is 0 Å². The highest BCUT2D eigenvalue weighted by molar-refractivity contribution is 5.78. The summed E-state index contributed by atoms with van der Waals surface area (Å²) in [6, 6.07) is 8.15. The van der Waals surface area contributed by atoms with Crippen LogP contribution in [-0.4, -0.2) is 9.78 Å². The Kier molecular flexibility index (Phi) is 5.03. The van der Waals surface area contributed by atoms with Crippen molar-refractivity contribution in [2.24, 2.45) is 13.0 Å². The number of nitrogens with zero attached hydrogens (tertiary/aromatic N) is 2. The van der Waals surface area contributed by atoms with E-state index in [-0.39, 0.29) is 0 Å². The molecular weight excluding hydrogens is 196 g/mol. The quantitative estimate of drug-likeness (QED) is 0.653. The third-order valence-corrected chi connectivity index (χ3v) is 2.52. The van der Waals surface area contributed by atoms with E-state index in [0.717, 1.165) is 5.92 Å². The average molecular weight is 218 g/mol. The van der Waals surface area contributed by atoms with Crippen LogP contribution in [0.4, 0.5) is 0 Å². The van der Waals surface area contributed by atoms with E-state index in [1.165, 1.54) is 23.7 Å². The summed E-state index contributed by atoms with van der Waals surface area (Å²) in [5.74, 6) is 1.08. The first kappa shape index (κ1) is 12.8. The maximum absolute atomic E-state index is 4.11. The fraction of sp³-hybridized carbons (Fsp3) is 0.500. The van der Waals surface area contributed by atoms with Gasteiger partial charge in [0.1, 0.15) is 0 Å². The van der Waals surface area contributed by atoms with Crippen LogP contribution >= 0.6 is 0 Å². The Balaban J connectivity index is 0.000000179. The van der Waals surface area contributed by atoms with Gasteiger partial charge in [0, 0.05) is 12.4 Å². The van der Waals surface area contributed by atoms with Gasteiger partial charge in [-0.1, -0.05) is 51.8 Å². The molecule has 0 amide bonds. The zero-order valence-electron chi connectivity index (χ0n) is 10.8. The van der Waals surface area contributed by atoms with Crippen molar-refractivity contribution in [3.8, 4) is 0 Å². The second-order valence-electron chi connectivity index (χ2n) is 4.01. The second-order valence-corrected chi connectivity index (χ2v) is 4.01. The predicted molar refractivity (Wildman–Crippen MR) is 70.5 cm³/mol. The second kappa shape index (κ2) is 6.31. The fourth-order valence-electron chi connectivity index (χ4n) is 1.27. The van der Waals surface area contributed by atoms with E-state index in [9.17, 15) is 0 Å². The number of fused-ring (bicyclic) bond motifs is 1. The third kappa shape index (κ3) is 3.69. The summed E-state index contributed by atoms with van der Waals surface area (Å²) in [5, 5.41) is 5.31. The van der Waals surface area contributed by atoms with Gasteiger partial charge in [-0.2, -0.15) is 5.10 Å². The number of hydrogen-bond acceptors (Lipinski definition) is 1. The van der Waals surface area contributed by atoms with Gasteiger partial charge in [-0.05, 0) is 12.0 Å². The smallest absolute Gasteiger partial charge is 0.0679 e. The molecule has 1 aliphatic rings. The highest BCUT2D eigenvalue weighted by Crippen LogP contribution is 2.26. The van der Waals surface area contributed by atoms with Crippen LogP contribution in [0, 0.1) is 5.92 Å². The number of aryl methyl sites for hydroxylation is 1. The first-order valence-corrected chi connectivity index (χ1v) is 6.14. The van der Waals surface area contributed by atoms with Crippen molar-refractivity contribution in [3.05, 3.63) is 30.5 Å². The van der Waals surface area contributed by atoms with Gasteiger partial charge >= 0.3 is 0 Å². The molecule has 0 aliphatic heterocycles. The lowest BCUT2D eigenvalue weighted by molar-refractivity contribution is 0.797. The summed E-state index contributed by atoms with van der Waals surface area (Å²) >= 11 is 0. The molecule has 2 aromatic rings. The molecular formula is C14H22N2. The molecule has 0 saturated heterocycles. The van der Waals surface area contributed by atoms with Crippen molar-refractivity contribution >= 4 is 10.9 Å². The van der Waals surface area contributed by atoms with Crippen LogP contribution in [0.5, 0.6) is 0 Å². The van der Waals surface area contributed by atoms with Crippen LogP contribution in [0.2, 0.25) is 0 Å². The van der Waals surface area contributed by atoms with Crippen LogP contribution in [0.1, 0.15) is 33.6 Å². The molecule has 1 aliphatic carbocycles. The van der Waals surface area contributed by atoms with Gasteiger partial charge in [0.15, 0.2) is 0 Å². The maximum Gasteiger partial charge on any atom is 0.0679 e. The zero-order valence-corrected chi connectivity index (χ0v) is 10.8. The highest BCUT2D eigenvalue weighted by atomic mass is 15.2. The molecule has 2 nitrogen and oxygen atoms in total. The SMILES string of the molecule is CC.CC1CC1.Cn1ncc2ccccc21. The molecule has 2 heteroatoms. The largest absolute Gasteiger partial charge is 0.268 e. The molecule has 0 unspecified atom stereocenters. The predicted octanol–water partition coefficient (Wildman–Crippen LogP) is 4.02. The van der Waals surface area contributed by atoms with Gasteiger partial charge in [0.25, 0.3) is 0 Å². The van der Waals surface area contributed by atoms with Crippen molar-refractivity contribution in [2.45, 2.75) is 33.6 Å². The molecule has 3 rings (SSSR count). The molecule has 1 heterocycles. The van der Waals surface area contributed by atoms with Gasteiger partial charge in [-0.15, -0.1) is 0 Å². The van der Waals surface area contributed by atoms with E-state index < -0.39 is 0 Å². The standard InChI is InChI=1S/C8H8N2.C4H8.C2H6/c1-10-8-5-3-2-4-7(8)6-9-10;1-4-2-3-4;1-2/h2-6H,1H3;4H,2-3H2,1H3;1-2H3. The lowest BCUT2D eigenvalue weighted by atomic mass is 10.3. The fourth-order valence-corrected chi connectivity index (χ4v) is 1.27. The number of rotatable bonds is 0. The van der Waals surface area contributed by atoms with Gasteiger partial charge in [-0.3, -0.25) is 4.68 Å². The van der Waals surface area contributed by atoms with Crippen molar-refractivity contribution in [1.29, 1.82) is 0 Å². The monoisotopic (exact) mass is 218 g/mol. The molecule has 0 spiro atoms. The number of para-hydroxylation sites is 1. The van der Waals surface area contributed by atoms with Gasteiger partial charge < -0.3 is 0 Å². The molecule has 0 atom stereocenters. The summed E-state index contributed by atoms with van der Waals surface area (Å²) in [7, 11) is 1.95. The van der Waals surface area contributed by atoms with Crippen LogP contribution in [-0.2, 0) is 7.05 Å². The lowest BCUT2D eigenvalue weighted by Gasteiger charge is -1.90. The summed E-state index contributed by atoms with van der Waals surface area (Å²) in [4.78, 5) is 0. The lowest BCUT2D eigenvalue weighted by Crippen LogP contribution is -1.87. The van der Waals surface area contributed by atoms with Crippen molar-refractivity contribution < 1.29 is 0 Å². The summed E-state index contributed by atoms with van der Waals surface area (Å²) in [6.07, 6.45) is 4.84. The minimum absolute atomic E-state index is 1.08. The minimum Gasteiger partial charge on any atom is -0.268 e. The van der Waals surface area contributed by atoms with Crippen LogP contribution in [0.25, 0.3) is 10.9 Å². The summed E-state index contributed by atoms with van der Waals surface area (Å²) < 4.78 is 1.87. The highest BCUT2D eigenvalue weighted by Gasteiger charge is 2.12. The Morgan fingerprint density at radius 2 is 1.75 bits per heavy atom. The van der Waals surface area contributed by atoms with E-state index in [2.05, 4.69) is 24.2 Å². The van der Waals surface area contributed by atoms with Crippen molar-refractivity contribution in [2.75, 3.05) is 0 Å². The Morgan fingerprint density at radius 3 is 2.25 bits per heavy atom. The summed E-state index contributed by atoms with van der Waals surface area (Å²) in [6.45, 7) is 6.28. The minimum atomic E-state index is 1.08.